The third-order valence-electron chi connectivity index (χ3n) is 4.59. The highest BCUT2D eigenvalue weighted by molar-refractivity contribution is 5.94. The molecular formula is C21H29N3O3. The van der Waals surface area contributed by atoms with Gasteiger partial charge in [0.1, 0.15) is 0 Å². The average molecular weight is 371 g/mol. The fraction of sp³-hybridized carbons (Fsp3) is 0.476. The number of carbonyl (C=O) groups is 2. The minimum atomic E-state index is -0.227. The number of hydrogen-bond donors (Lipinski definition) is 0. The van der Waals surface area contributed by atoms with Gasteiger partial charge < -0.3 is 9.64 Å². The van der Waals surface area contributed by atoms with Crippen LogP contribution in [0.4, 0.5) is 0 Å². The zero-order valence-electron chi connectivity index (χ0n) is 17.1. The summed E-state index contributed by atoms with van der Waals surface area (Å²) >= 11 is 0. The van der Waals surface area contributed by atoms with Crippen LogP contribution in [0.1, 0.15) is 47.6 Å². The van der Waals surface area contributed by atoms with Crippen LogP contribution in [0.25, 0.3) is 5.69 Å². The number of aryl methyl sites for hydroxylation is 1. The summed E-state index contributed by atoms with van der Waals surface area (Å²) in [7, 11) is 3.22. The lowest BCUT2D eigenvalue weighted by molar-refractivity contribution is -0.140. The third kappa shape index (κ3) is 4.96. The molecule has 0 fully saturated rings. The molecule has 0 aliphatic carbocycles. The van der Waals surface area contributed by atoms with Gasteiger partial charge in [-0.1, -0.05) is 13.8 Å². The van der Waals surface area contributed by atoms with Crippen LogP contribution in [0.5, 0.6) is 0 Å². The van der Waals surface area contributed by atoms with Gasteiger partial charge in [0.25, 0.3) is 5.91 Å². The molecule has 1 aromatic heterocycles. The molecule has 6 nitrogen and oxygen atoms in total. The molecule has 0 radical (unpaired) electrons. The van der Waals surface area contributed by atoms with Crippen molar-refractivity contribution >= 4 is 11.9 Å². The Morgan fingerprint density at radius 3 is 2.37 bits per heavy atom. The quantitative estimate of drug-likeness (QED) is 0.701. The third-order valence-corrected chi connectivity index (χ3v) is 4.59. The van der Waals surface area contributed by atoms with E-state index in [2.05, 4.69) is 18.9 Å². The Hall–Kier alpha value is -2.63. The van der Waals surface area contributed by atoms with Gasteiger partial charge in [-0.05, 0) is 56.0 Å². The number of rotatable bonds is 7. The number of nitrogens with zero attached hydrogens (tertiary/aromatic N) is 3. The van der Waals surface area contributed by atoms with Gasteiger partial charge in [0.05, 0.1) is 18.5 Å². The molecule has 2 aromatic rings. The van der Waals surface area contributed by atoms with Crippen LogP contribution in [0.3, 0.4) is 0 Å². The minimum Gasteiger partial charge on any atom is -0.469 e. The predicted molar refractivity (Wildman–Crippen MR) is 105 cm³/mol. The zero-order valence-corrected chi connectivity index (χ0v) is 17.1. The van der Waals surface area contributed by atoms with E-state index in [1.807, 2.05) is 49.8 Å². The molecular weight excluding hydrogens is 342 g/mol. The van der Waals surface area contributed by atoms with E-state index < -0.39 is 0 Å². The lowest BCUT2D eigenvalue weighted by atomic mass is 10.1. The van der Waals surface area contributed by atoms with E-state index >= 15 is 0 Å². The first-order valence-corrected chi connectivity index (χ1v) is 9.22. The smallest absolute Gasteiger partial charge is 0.305 e. The van der Waals surface area contributed by atoms with Crippen LogP contribution in [0, 0.1) is 19.8 Å². The van der Waals surface area contributed by atoms with Crippen LogP contribution in [-0.2, 0) is 16.0 Å². The lowest BCUT2D eigenvalue weighted by Crippen LogP contribution is -2.30. The Balaban J connectivity index is 2.20. The van der Waals surface area contributed by atoms with Crippen molar-refractivity contribution in [3.05, 3.63) is 46.8 Å². The van der Waals surface area contributed by atoms with Crippen molar-refractivity contribution in [3.63, 3.8) is 0 Å². The molecule has 27 heavy (non-hydrogen) atoms. The fourth-order valence-corrected chi connectivity index (χ4v) is 3.21. The molecule has 0 saturated carbocycles. The molecule has 0 atom stereocenters. The standard InChI is InChI=1S/C21H29N3O3/c1-14(2)13-23(5)21(26)17-7-9-18(10-8-17)24-16(4)19(15(3)22-24)11-12-20(25)27-6/h7-10,14H,11-13H2,1-6H3. The van der Waals surface area contributed by atoms with Gasteiger partial charge in [0.15, 0.2) is 0 Å². The summed E-state index contributed by atoms with van der Waals surface area (Å²) in [6, 6.07) is 7.47. The maximum atomic E-state index is 12.5. The summed E-state index contributed by atoms with van der Waals surface area (Å²) in [4.78, 5) is 25.7. The molecule has 1 aromatic carbocycles. The summed E-state index contributed by atoms with van der Waals surface area (Å²) in [6.45, 7) is 8.83. The van der Waals surface area contributed by atoms with Gasteiger partial charge in [0, 0.05) is 31.3 Å². The van der Waals surface area contributed by atoms with Crippen LogP contribution in [0.15, 0.2) is 24.3 Å². The van der Waals surface area contributed by atoms with Crippen molar-refractivity contribution in [1.29, 1.82) is 0 Å². The predicted octanol–water partition coefficient (Wildman–Crippen LogP) is 3.32. The highest BCUT2D eigenvalue weighted by atomic mass is 16.5. The molecule has 0 aliphatic rings. The normalized spacial score (nSPS) is 10.9. The van der Waals surface area contributed by atoms with Gasteiger partial charge in [0.2, 0.25) is 0 Å². The van der Waals surface area contributed by atoms with Crippen molar-refractivity contribution < 1.29 is 14.3 Å². The summed E-state index contributed by atoms with van der Waals surface area (Å²) in [5.74, 6) is 0.216. The second kappa shape index (κ2) is 8.84. The molecule has 0 saturated heterocycles. The van der Waals surface area contributed by atoms with E-state index in [0.29, 0.717) is 24.3 Å². The number of aromatic nitrogens is 2. The van der Waals surface area contributed by atoms with Crippen LogP contribution in [0.2, 0.25) is 0 Å². The van der Waals surface area contributed by atoms with Crippen molar-refractivity contribution in [1.82, 2.24) is 14.7 Å². The number of hydrogen-bond acceptors (Lipinski definition) is 4. The molecule has 2 rings (SSSR count). The van der Waals surface area contributed by atoms with Gasteiger partial charge in [-0.15, -0.1) is 0 Å². The number of ether oxygens (including phenoxy) is 1. The number of methoxy groups -OCH3 is 1. The van der Waals surface area contributed by atoms with Crippen LogP contribution >= 0.6 is 0 Å². The molecule has 0 spiro atoms. The minimum absolute atomic E-state index is 0.0161. The molecule has 0 aliphatic heterocycles. The SMILES string of the molecule is COC(=O)CCc1c(C)nn(-c2ccc(C(=O)N(C)CC(C)C)cc2)c1C. The topological polar surface area (TPSA) is 64.4 Å². The molecule has 146 valence electrons. The summed E-state index contributed by atoms with van der Waals surface area (Å²) < 4.78 is 6.58. The Kier molecular flexibility index (Phi) is 6.77. The van der Waals surface area contributed by atoms with E-state index in [1.165, 1.54) is 7.11 Å². The van der Waals surface area contributed by atoms with Crippen molar-refractivity contribution in [3.8, 4) is 5.69 Å². The van der Waals surface area contributed by atoms with Crippen molar-refractivity contribution in [2.75, 3.05) is 20.7 Å². The maximum absolute atomic E-state index is 12.5. The van der Waals surface area contributed by atoms with Crippen molar-refractivity contribution in [2.45, 2.75) is 40.5 Å². The Morgan fingerprint density at radius 2 is 1.81 bits per heavy atom. The Morgan fingerprint density at radius 1 is 1.19 bits per heavy atom. The molecule has 0 unspecified atom stereocenters. The van der Waals surface area contributed by atoms with E-state index in [1.54, 1.807) is 4.90 Å². The highest BCUT2D eigenvalue weighted by Crippen LogP contribution is 2.20. The monoisotopic (exact) mass is 371 g/mol. The van der Waals surface area contributed by atoms with Crippen molar-refractivity contribution in [2.24, 2.45) is 5.92 Å². The number of amides is 1. The molecule has 1 amide bonds. The largest absolute Gasteiger partial charge is 0.469 e. The average Bonchev–Trinajstić information content (AvgIpc) is 2.92. The first-order valence-electron chi connectivity index (χ1n) is 9.22. The van der Waals surface area contributed by atoms with E-state index in [-0.39, 0.29) is 11.9 Å². The van der Waals surface area contributed by atoms with Gasteiger partial charge in [-0.3, -0.25) is 9.59 Å². The summed E-state index contributed by atoms with van der Waals surface area (Å²) in [5.41, 5.74) is 4.50. The molecule has 0 bridgehead atoms. The highest BCUT2D eigenvalue weighted by Gasteiger charge is 2.16. The zero-order chi connectivity index (χ0) is 20.1. The van der Waals surface area contributed by atoms with Crippen LogP contribution in [-0.4, -0.2) is 47.3 Å². The van der Waals surface area contributed by atoms with E-state index in [0.717, 1.165) is 29.2 Å². The second-order valence-electron chi connectivity index (χ2n) is 7.26. The summed E-state index contributed by atoms with van der Waals surface area (Å²) in [5, 5.41) is 4.60. The Labute approximate surface area is 161 Å². The fourth-order valence-electron chi connectivity index (χ4n) is 3.21. The molecule has 6 heteroatoms. The number of esters is 1. The number of carbonyl (C=O) groups excluding carboxylic acids is 2. The second-order valence-corrected chi connectivity index (χ2v) is 7.26. The lowest BCUT2D eigenvalue weighted by Gasteiger charge is -2.19. The first kappa shape index (κ1) is 20.7. The first-order chi connectivity index (χ1) is 12.7. The summed E-state index contributed by atoms with van der Waals surface area (Å²) in [6.07, 6.45) is 0.931. The van der Waals surface area contributed by atoms with Crippen LogP contribution < -0.4 is 0 Å². The number of benzene rings is 1. The molecule has 1 heterocycles. The van der Waals surface area contributed by atoms with E-state index in [9.17, 15) is 9.59 Å². The molecule has 0 N–H and O–H groups in total. The van der Waals surface area contributed by atoms with Gasteiger partial charge in [-0.2, -0.15) is 5.10 Å². The van der Waals surface area contributed by atoms with Gasteiger partial charge >= 0.3 is 5.97 Å². The van der Waals surface area contributed by atoms with Gasteiger partial charge in [-0.25, -0.2) is 4.68 Å². The Bertz CT molecular complexity index is 807. The maximum Gasteiger partial charge on any atom is 0.305 e. The van der Waals surface area contributed by atoms with E-state index in [4.69, 9.17) is 4.74 Å².